The molecule has 0 fully saturated rings. The highest BCUT2D eigenvalue weighted by molar-refractivity contribution is 7.92. The molecule has 2 rings (SSSR count). The van der Waals surface area contributed by atoms with Crippen LogP contribution in [0.2, 0.25) is 0 Å². The Balaban J connectivity index is 2.26. The van der Waals surface area contributed by atoms with Crippen LogP contribution in [-0.4, -0.2) is 28.0 Å². The lowest BCUT2D eigenvalue weighted by atomic mass is 10.4. The summed E-state index contributed by atoms with van der Waals surface area (Å²) in [7, 11) is -1.88. The number of sulfonamides is 1. The first-order valence-corrected chi connectivity index (χ1v) is 7.35. The van der Waals surface area contributed by atoms with E-state index >= 15 is 0 Å². The third-order valence-corrected chi connectivity index (χ3v) is 4.08. The molecule has 0 saturated carbocycles. The summed E-state index contributed by atoms with van der Waals surface area (Å²) >= 11 is 0. The van der Waals surface area contributed by atoms with E-state index in [1.165, 1.54) is 12.4 Å². The first-order chi connectivity index (χ1) is 8.79. The molecule has 0 unspecified atom stereocenters. The topological polar surface area (TPSA) is 81.8 Å². The quantitative estimate of drug-likeness (QED) is 0.917. The van der Waals surface area contributed by atoms with E-state index in [2.05, 4.69) is 14.9 Å². The molecule has 104 valence electrons. The van der Waals surface area contributed by atoms with E-state index in [1.807, 2.05) is 20.8 Å². The van der Waals surface area contributed by atoms with E-state index in [4.69, 9.17) is 0 Å². The Morgan fingerprint density at radius 1 is 1.37 bits per heavy atom. The molecule has 0 atom stereocenters. The Hall–Kier alpha value is -1.83. The van der Waals surface area contributed by atoms with Gasteiger partial charge in [-0.3, -0.25) is 14.1 Å². The average molecular weight is 283 g/mol. The van der Waals surface area contributed by atoms with Crippen molar-refractivity contribution in [2.75, 3.05) is 4.72 Å². The minimum absolute atomic E-state index is 0.112. The lowest BCUT2D eigenvalue weighted by molar-refractivity contribution is 0.531. The fourth-order valence-electron chi connectivity index (χ4n) is 1.55. The highest BCUT2D eigenvalue weighted by Gasteiger charge is 2.18. The molecule has 0 spiro atoms. The van der Waals surface area contributed by atoms with Gasteiger partial charge in [0, 0.05) is 31.0 Å². The predicted molar refractivity (Wildman–Crippen MR) is 71.4 cm³/mol. The second-order valence-electron chi connectivity index (χ2n) is 4.65. The van der Waals surface area contributed by atoms with Crippen LogP contribution in [-0.2, 0) is 17.1 Å². The lowest BCUT2D eigenvalue weighted by Gasteiger charge is -2.04. The minimum atomic E-state index is -3.64. The predicted octanol–water partition coefficient (Wildman–Crippen LogP) is 1.31. The molecule has 1 N–H and O–H groups in total. The third-order valence-electron chi connectivity index (χ3n) is 2.77. The van der Waals surface area contributed by atoms with Crippen LogP contribution in [0, 0.1) is 6.92 Å². The van der Waals surface area contributed by atoms with Crippen molar-refractivity contribution in [2.45, 2.75) is 31.7 Å². The number of nitrogens with one attached hydrogen (secondary N) is 1. The van der Waals surface area contributed by atoms with Crippen molar-refractivity contribution in [1.29, 1.82) is 0 Å². The van der Waals surface area contributed by atoms with Gasteiger partial charge < -0.3 is 0 Å². The summed E-state index contributed by atoms with van der Waals surface area (Å²) in [5.74, 6) is 0.303. The molecular weight excluding hydrogens is 266 g/mol. The van der Waals surface area contributed by atoms with Gasteiger partial charge in [0.25, 0.3) is 10.0 Å². The highest BCUT2D eigenvalue weighted by Crippen LogP contribution is 2.16. The molecular formula is C11H17N5O2S. The fourth-order valence-corrected chi connectivity index (χ4v) is 2.47. The van der Waals surface area contributed by atoms with Gasteiger partial charge in [-0.05, 0) is 20.8 Å². The lowest BCUT2D eigenvalue weighted by Crippen LogP contribution is -2.13. The maximum Gasteiger partial charge on any atom is 0.266 e. The highest BCUT2D eigenvalue weighted by atomic mass is 32.2. The SMILES string of the molecule is Cc1cc(NS(=O)(=O)c2cnn(C(C)C)c2)nn1C. The van der Waals surface area contributed by atoms with Gasteiger partial charge in [0.2, 0.25) is 0 Å². The van der Waals surface area contributed by atoms with Crippen molar-refractivity contribution >= 4 is 15.8 Å². The molecule has 0 aromatic carbocycles. The molecule has 0 aliphatic heterocycles. The molecule has 0 radical (unpaired) electrons. The number of nitrogens with zero attached hydrogens (tertiary/aromatic N) is 4. The van der Waals surface area contributed by atoms with Crippen LogP contribution >= 0.6 is 0 Å². The normalized spacial score (nSPS) is 12.1. The van der Waals surface area contributed by atoms with Crippen molar-refractivity contribution < 1.29 is 8.42 Å². The molecule has 0 aliphatic carbocycles. The minimum Gasteiger partial charge on any atom is -0.271 e. The van der Waals surface area contributed by atoms with Crippen LogP contribution in [0.5, 0.6) is 0 Å². The summed E-state index contributed by atoms with van der Waals surface area (Å²) in [5, 5.41) is 8.08. The molecule has 2 aromatic rings. The van der Waals surface area contributed by atoms with Gasteiger partial charge in [-0.1, -0.05) is 0 Å². The molecule has 0 bridgehead atoms. The van der Waals surface area contributed by atoms with Crippen molar-refractivity contribution in [1.82, 2.24) is 19.6 Å². The maximum absolute atomic E-state index is 12.1. The summed E-state index contributed by atoms with van der Waals surface area (Å²) in [6.07, 6.45) is 2.83. The molecule has 0 amide bonds. The summed E-state index contributed by atoms with van der Waals surface area (Å²) in [6.45, 7) is 5.71. The van der Waals surface area contributed by atoms with Gasteiger partial charge >= 0.3 is 0 Å². The largest absolute Gasteiger partial charge is 0.271 e. The average Bonchev–Trinajstić information content (AvgIpc) is 2.86. The van der Waals surface area contributed by atoms with Crippen LogP contribution in [0.3, 0.4) is 0 Å². The number of aryl methyl sites for hydroxylation is 2. The second-order valence-corrected chi connectivity index (χ2v) is 6.33. The smallest absolute Gasteiger partial charge is 0.266 e. The molecule has 2 aromatic heterocycles. The van der Waals surface area contributed by atoms with E-state index in [0.717, 1.165) is 5.69 Å². The third kappa shape index (κ3) is 2.78. The molecule has 19 heavy (non-hydrogen) atoms. The van der Waals surface area contributed by atoms with Gasteiger partial charge in [0.05, 0.1) is 6.20 Å². The van der Waals surface area contributed by atoms with E-state index in [0.29, 0.717) is 5.82 Å². The van der Waals surface area contributed by atoms with Crippen molar-refractivity contribution in [2.24, 2.45) is 7.05 Å². The molecule has 0 saturated heterocycles. The van der Waals surface area contributed by atoms with Crippen molar-refractivity contribution in [3.63, 3.8) is 0 Å². The van der Waals surface area contributed by atoms with Crippen LogP contribution < -0.4 is 4.72 Å². The molecule has 2 heterocycles. The van der Waals surface area contributed by atoms with Crippen LogP contribution in [0.25, 0.3) is 0 Å². The van der Waals surface area contributed by atoms with Crippen LogP contribution in [0.1, 0.15) is 25.6 Å². The van der Waals surface area contributed by atoms with E-state index in [1.54, 1.807) is 22.5 Å². The van der Waals surface area contributed by atoms with E-state index in [9.17, 15) is 8.42 Å². The zero-order valence-corrected chi connectivity index (χ0v) is 12.1. The number of hydrogen-bond donors (Lipinski definition) is 1. The molecule has 7 nitrogen and oxygen atoms in total. The Morgan fingerprint density at radius 2 is 2.05 bits per heavy atom. The Morgan fingerprint density at radius 3 is 2.53 bits per heavy atom. The first-order valence-electron chi connectivity index (χ1n) is 5.87. The standard InChI is InChI=1S/C11H17N5O2S/c1-8(2)16-7-10(6-12-16)19(17,18)14-11-5-9(3)15(4)13-11/h5-8H,1-4H3,(H,13,14). The fraction of sp³-hybridized carbons (Fsp3) is 0.455. The number of hydrogen-bond acceptors (Lipinski definition) is 4. The second kappa shape index (κ2) is 4.69. The van der Waals surface area contributed by atoms with Crippen LogP contribution in [0.4, 0.5) is 5.82 Å². The zero-order chi connectivity index (χ0) is 14.2. The molecule has 8 heteroatoms. The van der Waals surface area contributed by atoms with Gasteiger partial charge in [-0.25, -0.2) is 8.42 Å². The Bertz CT molecular complexity index is 664. The van der Waals surface area contributed by atoms with E-state index in [-0.39, 0.29) is 10.9 Å². The van der Waals surface area contributed by atoms with Gasteiger partial charge in [0.15, 0.2) is 5.82 Å². The monoisotopic (exact) mass is 283 g/mol. The van der Waals surface area contributed by atoms with Crippen LogP contribution in [0.15, 0.2) is 23.4 Å². The maximum atomic E-state index is 12.1. The Kier molecular flexibility index (Phi) is 3.36. The number of rotatable bonds is 4. The summed E-state index contributed by atoms with van der Waals surface area (Å²) in [5.41, 5.74) is 0.871. The van der Waals surface area contributed by atoms with Crippen molar-refractivity contribution in [3.8, 4) is 0 Å². The van der Waals surface area contributed by atoms with Gasteiger partial charge in [-0.2, -0.15) is 10.2 Å². The van der Waals surface area contributed by atoms with Crippen molar-refractivity contribution in [3.05, 3.63) is 24.2 Å². The first kappa shape index (κ1) is 13.6. The Labute approximate surface area is 112 Å². The van der Waals surface area contributed by atoms with Gasteiger partial charge in [-0.15, -0.1) is 0 Å². The summed E-state index contributed by atoms with van der Waals surface area (Å²) < 4.78 is 29.9. The summed E-state index contributed by atoms with van der Waals surface area (Å²) in [6, 6.07) is 1.78. The van der Waals surface area contributed by atoms with E-state index < -0.39 is 10.0 Å². The zero-order valence-electron chi connectivity index (χ0n) is 11.3. The number of aromatic nitrogens is 4. The summed E-state index contributed by atoms with van der Waals surface area (Å²) in [4.78, 5) is 0.129. The number of anilines is 1. The molecule has 0 aliphatic rings. The van der Waals surface area contributed by atoms with Gasteiger partial charge in [0.1, 0.15) is 4.90 Å².